The smallest absolute Gasteiger partial charge is 0.255 e. The van der Waals surface area contributed by atoms with Crippen molar-refractivity contribution in [3.8, 4) is 5.75 Å². The molecule has 1 aromatic heterocycles. The highest BCUT2D eigenvalue weighted by molar-refractivity contribution is 7.09. The average molecular weight is 346 g/mol. The van der Waals surface area contributed by atoms with Crippen LogP contribution in [0.1, 0.15) is 60.6 Å². The number of nitrogens with zero attached hydrogens (tertiary/aromatic N) is 1. The first-order chi connectivity index (χ1) is 11.6. The van der Waals surface area contributed by atoms with Gasteiger partial charge in [-0.15, -0.1) is 11.3 Å². The van der Waals surface area contributed by atoms with Crippen molar-refractivity contribution in [1.29, 1.82) is 0 Å². The second kappa shape index (κ2) is 9.42. The molecule has 1 heterocycles. The third-order valence-electron chi connectivity index (χ3n) is 3.79. The fraction of sp³-hybridized carbons (Fsp3) is 0.474. The molecule has 0 radical (unpaired) electrons. The third-order valence-corrected chi connectivity index (χ3v) is 4.61. The molecular weight excluding hydrogens is 320 g/mol. The first-order valence-corrected chi connectivity index (χ1v) is 9.41. The lowest BCUT2D eigenvalue weighted by Crippen LogP contribution is -2.32. The van der Waals surface area contributed by atoms with Crippen LogP contribution in [0.5, 0.6) is 5.75 Å². The number of carbonyl (C=O) groups excluding carboxylic acids is 1. The number of carbonyl (C=O) groups is 1. The Kier molecular flexibility index (Phi) is 7.25. The van der Waals surface area contributed by atoms with Crippen molar-refractivity contribution in [3.05, 3.63) is 45.9 Å². The second-order valence-electron chi connectivity index (χ2n) is 6.01. The zero-order chi connectivity index (χ0) is 17.4. The Morgan fingerprint density at radius 2 is 2.12 bits per heavy atom. The largest absolute Gasteiger partial charge is 0.486 e. The Hall–Kier alpha value is -1.88. The fourth-order valence-corrected chi connectivity index (χ4v) is 3.08. The van der Waals surface area contributed by atoms with E-state index in [0.29, 0.717) is 17.9 Å². The molecular formula is C19H26N2O2S. The van der Waals surface area contributed by atoms with Crippen LogP contribution in [0.15, 0.2) is 29.6 Å². The van der Waals surface area contributed by atoms with Crippen molar-refractivity contribution in [3.63, 3.8) is 0 Å². The van der Waals surface area contributed by atoms with Crippen LogP contribution < -0.4 is 10.1 Å². The highest BCUT2D eigenvalue weighted by Gasteiger charge is 2.14. The summed E-state index contributed by atoms with van der Waals surface area (Å²) in [5.41, 5.74) is 1.47. The Balaban J connectivity index is 1.95. The van der Waals surface area contributed by atoms with E-state index < -0.39 is 0 Å². The predicted octanol–water partition coefficient (Wildman–Crippen LogP) is 4.73. The van der Waals surface area contributed by atoms with Crippen LogP contribution in [0.2, 0.25) is 0 Å². The molecule has 2 rings (SSSR count). The monoisotopic (exact) mass is 346 g/mol. The fourth-order valence-electron chi connectivity index (χ4n) is 2.48. The molecule has 1 amide bonds. The molecule has 0 spiro atoms. The molecule has 0 saturated heterocycles. The molecule has 0 aliphatic heterocycles. The Morgan fingerprint density at radius 3 is 2.83 bits per heavy atom. The number of hydrogen-bond donors (Lipinski definition) is 1. The molecule has 1 atom stereocenters. The van der Waals surface area contributed by atoms with Crippen LogP contribution in [0, 0.1) is 6.92 Å². The van der Waals surface area contributed by atoms with E-state index in [-0.39, 0.29) is 11.9 Å². The van der Waals surface area contributed by atoms with Crippen LogP contribution in [0.3, 0.4) is 0 Å². The van der Waals surface area contributed by atoms with Crippen molar-refractivity contribution in [2.75, 3.05) is 0 Å². The number of rotatable bonds is 9. The number of nitrogens with one attached hydrogen (secondary N) is 1. The van der Waals surface area contributed by atoms with E-state index in [0.717, 1.165) is 23.5 Å². The van der Waals surface area contributed by atoms with Gasteiger partial charge in [-0.2, -0.15) is 0 Å². The zero-order valence-electron chi connectivity index (χ0n) is 14.7. The maximum atomic E-state index is 12.5. The first-order valence-electron chi connectivity index (χ1n) is 8.53. The summed E-state index contributed by atoms with van der Waals surface area (Å²) >= 11 is 1.60. The number of unbranched alkanes of at least 4 members (excludes halogenated alkanes) is 2. The number of ether oxygens (including phenoxy) is 1. The Morgan fingerprint density at radius 1 is 1.33 bits per heavy atom. The van der Waals surface area contributed by atoms with E-state index in [4.69, 9.17) is 4.74 Å². The average Bonchev–Trinajstić information content (AvgIpc) is 2.99. The zero-order valence-corrected chi connectivity index (χ0v) is 15.5. The van der Waals surface area contributed by atoms with Gasteiger partial charge in [0.15, 0.2) is 0 Å². The first kappa shape index (κ1) is 18.5. The van der Waals surface area contributed by atoms with E-state index in [2.05, 4.69) is 24.1 Å². The molecule has 1 aromatic carbocycles. The number of benzene rings is 1. The highest BCUT2D eigenvalue weighted by Crippen LogP contribution is 2.20. The molecule has 130 valence electrons. The van der Waals surface area contributed by atoms with E-state index in [1.165, 1.54) is 12.8 Å². The minimum atomic E-state index is -0.0796. The maximum absolute atomic E-state index is 12.5. The number of amides is 1. The lowest BCUT2D eigenvalue weighted by Gasteiger charge is -2.15. The van der Waals surface area contributed by atoms with Gasteiger partial charge in [0, 0.05) is 11.4 Å². The molecule has 2 aromatic rings. The number of para-hydroxylation sites is 1. The van der Waals surface area contributed by atoms with Gasteiger partial charge in [-0.25, -0.2) is 4.98 Å². The molecule has 0 aliphatic rings. The van der Waals surface area contributed by atoms with Crippen molar-refractivity contribution in [1.82, 2.24) is 10.3 Å². The quantitative estimate of drug-likeness (QED) is 0.668. The van der Waals surface area contributed by atoms with Crippen LogP contribution in [0.4, 0.5) is 0 Å². The number of hydrogen-bond acceptors (Lipinski definition) is 4. The molecule has 24 heavy (non-hydrogen) atoms. The number of thiazole rings is 1. The lowest BCUT2D eigenvalue weighted by atomic mass is 10.1. The summed E-state index contributed by atoms with van der Waals surface area (Å²) in [5, 5.41) is 6.06. The van der Waals surface area contributed by atoms with Gasteiger partial charge >= 0.3 is 0 Å². The SMILES string of the molecule is CCCCC[C@@H](C)NC(=O)c1ccccc1OCc1csc(C)n1. The van der Waals surface area contributed by atoms with Crippen molar-refractivity contribution in [2.24, 2.45) is 0 Å². The standard InChI is InChI=1S/C19H26N2O2S/c1-4-5-6-9-14(2)20-19(22)17-10-7-8-11-18(17)23-12-16-13-24-15(3)21-16/h7-8,10-11,13-14H,4-6,9,12H2,1-3H3,(H,20,22)/t14-/m1/s1. The summed E-state index contributed by atoms with van der Waals surface area (Å²) in [5.74, 6) is 0.519. The third kappa shape index (κ3) is 5.64. The number of aromatic nitrogens is 1. The van der Waals surface area contributed by atoms with Crippen LogP contribution in [-0.2, 0) is 6.61 Å². The van der Waals surface area contributed by atoms with Crippen LogP contribution >= 0.6 is 11.3 Å². The van der Waals surface area contributed by atoms with Crippen LogP contribution in [0.25, 0.3) is 0 Å². The van der Waals surface area contributed by atoms with Gasteiger partial charge in [0.2, 0.25) is 0 Å². The lowest BCUT2D eigenvalue weighted by molar-refractivity contribution is 0.0933. The second-order valence-corrected chi connectivity index (χ2v) is 7.08. The van der Waals surface area contributed by atoms with Crippen molar-refractivity contribution >= 4 is 17.2 Å². The van der Waals surface area contributed by atoms with Gasteiger partial charge in [-0.05, 0) is 32.4 Å². The minimum absolute atomic E-state index is 0.0796. The molecule has 4 nitrogen and oxygen atoms in total. The Bertz CT molecular complexity index is 654. The molecule has 0 saturated carbocycles. The van der Waals surface area contributed by atoms with Gasteiger partial charge in [-0.3, -0.25) is 4.79 Å². The molecule has 0 fully saturated rings. The normalized spacial score (nSPS) is 12.0. The summed E-state index contributed by atoms with van der Waals surface area (Å²) < 4.78 is 5.82. The molecule has 0 unspecified atom stereocenters. The molecule has 0 bridgehead atoms. The van der Waals surface area contributed by atoms with E-state index >= 15 is 0 Å². The molecule has 0 aliphatic carbocycles. The summed E-state index contributed by atoms with van der Waals surface area (Å²) in [4.78, 5) is 16.9. The van der Waals surface area contributed by atoms with Crippen LogP contribution in [-0.4, -0.2) is 16.9 Å². The Labute approximate surface area is 148 Å². The predicted molar refractivity (Wildman–Crippen MR) is 98.7 cm³/mol. The number of aryl methyl sites for hydroxylation is 1. The van der Waals surface area contributed by atoms with Gasteiger partial charge < -0.3 is 10.1 Å². The van der Waals surface area contributed by atoms with E-state index in [1.54, 1.807) is 17.4 Å². The van der Waals surface area contributed by atoms with Gasteiger partial charge in [0.05, 0.1) is 16.3 Å². The summed E-state index contributed by atoms with van der Waals surface area (Å²) in [6, 6.07) is 7.53. The van der Waals surface area contributed by atoms with Crippen molar-refractivity contribution < 1.29 is 9.53 Å². The maximum Gasteiger partial charge on any atom is 0.255 e. The van der Waals surface area contributed by atoms with Gasteiger partial charge in [0.25, 0.3) is 5.91 Å². The van der Waals surface area contributed by atoms with E-state index in [1.807, 2.05) is 30.5 Å². The van der Waals surface area contributed by atoms with Gasteiger partial charge in [-0.1, -0.05) is 38.3 Å². The van der Waals surface area contributed by atoms with Gasteiger partial charge in [0.1, 0.15) is 12.4 Å². The topological polar surface area (TPSA) is 51.2 Å². The van der Waals surface area contributed by atoms with Crippen molar-refractivity contribution in [2.45, 2.75) is 59.1 Å². The minimum Gasteiger partial charge on any atom is -0.486 e. The summed E-state index contributed by atoms with van der Waals surface area (Å²) in [6.07, 6.45) is 4.53. The summed E-state index contributed by atoms with van der Waals surface area (Å²) in [6.45, 7) is 6.58. The molecule has 1 N–H and O–H groups in total. The summed E-state index contributed by atoms with van der Waals surface area (Å²) in [7, 11) is 0. The van der Waals surface area contributed by atoms with E-state index in [9.17, 15) is 4.79 Å². The molecule has 5 heteroatoms. The highest BCUT2D eigenvalue weighted by atomic mass is 32.1.